The van der Waals surface area contributed by atoms with E-state index in [0.717, 1.165) is 0 Å². The van der Waals surface area contributed by atoms with Crippen molar-refractivity contribution >= 4 is 6.98 Å². The van der Waals surface area contributed by atoms with E-state index in [9.17, 15) is 12.9 Å². The summed E-state index contributed by atoms with van der Waals surface area (Å²) < 4.78 is 46.3. The Kier molecular flexibility index (Phi) is 4.01. The normalized spacial score (nSPS) is 19.6. The summed E-state index contributed by atoms with van der Waals surface area (Å²) in [5.41, 5.74) is -0.767. The lowest BCUT2D eigenvalue weighted by atomic mass is 9.81. The molecule has 0 spiro atoms. The van der Waals surface area contributed by atoms with Crippen LogP contribution in [0.5, 0.6) is 0 Å². The number of hydrogen-bond donors (Lipinski definition) is 0. The van der Waals surface area contributed by atoms with Crippen LogP contribution < -0.4 is 0 Å². The van der Waals surface area contributed by atoms with Gasteiger partial charge in [-0.2, -0.15) is 0 Å². The van der Waals surface area contributed by atoms with Crippen molar-refractivity contribution < 1.29 is 22.4 Å². The highest BCUT2D eigenvalue weighted by molar-refractivity contribution is 6.66. The van der Waals surface area contributed by atoms with Crippen LogP contribution in [0.1, 0.15) is 12.8 Å². The maximum atomic E-state index is 12.1. The van der Waals surface area contributed by atoms with E-state index in [1.165, 1.54) is 0 Å². The van der Waals surface area contributed by atoms with Crippen LogP contribution in [-0.2, 0) is 9.47 Å². The predicted molar refractivity (Wildman–Crippen MR) is 48.0 cm³/mol. The van der Waals surface area contributed by atoms with Crippen LogP contribution in [0, 0.1) is 0 Å². The Morgan fingerprint density at radius 1 is 1.36 bits per heavy atom. The highest BCUT2D eigenvalue weighted by Gasteiger charge is 2.27. The quantitative estimate of drug-likeness (QED) is 0.660. The fourth-order valence-corrected chi connectivity index (χ4v) is 1.16. The van der Waals surface area contributed by atoms with Gasteiger partial charge >= 0.3 is 6.98 Å². The van der Waals surface area contributed by atoms with E-state index in [0.29, 0.717) is 26.1 Å². The van der Waals surface area contributed by atoms with Crippen molar-refractivity contribution in [1.29, 1.82) is 0 Å². The molecule has 1 saturated heterocycles. The molecule has 0 N–H and O–H groups in total. The van der Waals surface area contributed by atoms with E-state index < -0.39 is 19.1 Å². The van der Waals surface area contributed by atoms with E-state index in [1.54, 1.807) is 0 Å². The first-order chi connectivity index (χ1) is 6.50. The van der Waals surface area contributed by atoms with Gasteiger partial charge in [-0.3, -0.25) is 0 Å². The van der Waals surface area contributed by atoms with E-state index >= 15 is 0 Å². The lowest BCUT2D eigenvalue weighted by Crippen LogP contribution is -2.28. The zero-order valence-corrected chi connectivity index (χ0v) is 7.85. The molecule has 0 atom stereocenters. The first-order valence-corrected chi connectivity index (χ1v) is 4.57. The molecule has 0 aromatic rings. The molecule has 0 bridgehead atoms. The second kappa shape index (κ2) is 4.84. The van der Waals surface area contributed by atoms with Crippen LogP contribution in [-0.4, -0.2) is 32.9 Å². The summed E-state index contributed by atoms with van der Waals surface area (Å²) in [6.45, 7) is -1.28. The van der Waals surface area contributed by atoms with Crippen LogP contribution in [0.3, 0.4) is 0 Å². The van der Waals surface area contributed by atoms with Gasteiger partial charge in [-0.15, -0.1) is 12.1 Å². The molecule has 0 saturated carbocycles. The summed E-state index contributed by atoms with van der Waals surface area (Å²) in [6, 6.07) is 0. The topological polar surface area (TPSA) is 18.5 Å². The van der Waals surface area contributed by atoms with Crippen LogP contribution in [0.25, 0.3) is 0 Å². The Hall–Kier alpha value is -0.485. The minimum Gasteiger partial charge on any atom is -0.445 e. The van der Waals surface area contributed by atoms with Gasteiger partial charge in [0.1, 0.15) is 0 Å². The SMILES string of the molecule is C=C(COC1CCOCC1)[B-](F)(F)F. The largest absolute Gasteiger partial charge is 0.507 e. The Morgan fingerprint density at radius 2 is 1.93 bits per heavy atom. The van der Waals surface area contributed by atoms with Gasteiger partial charge in [0.15, 0.2) is 0 Å². The molecule has 1 heterocycles. The first kappa shape index (κ1) is 11.6. The monoisotopic (exact) mass is 209 g/mol. The number of ether oxygens (including phenoxy) is 2. The molecule has 1 rings (SSSR count). The van der Waals surface area contributed by atoms with Gasteiger partial charge in [-0.05, 0) is 12.8 Å². The summed E-state index contributed by atoms with van der Waals surface area (Å²) >= 11 is 0. The second-order valence-corrected chi connectivity index (χ2v) is 3.36. The van der Waals surface area contributed by atoms with Crippen molar-refractivity contribution in [2.75, 3.05) is 19.8 Å². The van der Waals surface area contributed by atoms with Gasteiger partial charge in [0, 0.05) is 19.8 Å². The smallest absolute Gasteiger partial charge is 0.445 e. The third kappa shape index (κ3) is 3.71. The molecule has 1 aliphatic heterocycles. The average molecular weight is 209 g/mol. The zero-order chi connectivity index (χ0) is 10.6. The third-order valence-corrected chi connectivity index (χ3v) is 2.14. The zero-order valence-electron chi connectivity index (χ0n) is 7.85. The maximum absolute atomic E-state index is 12.1. The predicted octanol–water partition coefficient (Wildman–Crippen LogP) is 2.12. The van der Waals surface area contributed by atoms with Crippen LogP contribution in [0.2, 0.25) is 0 Å². The van der Waals surface area contributed by atoms with E-state index in [2.05, 4.69) is 6.58 Å². The summed E-state index contributed by atoms with van der Waals surface area (Å²) in [4.78, 5) is 0. The molecule has 82 valence electrons. The fraction of sp³-hybridized carbons (Fsp3) is 0.750. The van der Waals surface area contributed by atoms with Gasteiger partial charge in [0.05, 0.1) is 6.10 Å². The van der Waals surface area contributed by atoms with Crippen molar-refractivity contribution in [1.82, 2.24) is 0 Å². The van der Waals surface area contributed by atoms with Crippen LogP contribution in [0.15, 0.2) is 12.1 Å². The minimum atomic E-state index is -4.95. The van der Waals surface area contributed by atoms with Gasteiger partial charge in [0.25, 0.3) is 0 Å². The molecule has 0 amide bonds. The van der Waals surface area contributed by atoms with Gasteiger partial charge in [-0.25, -0.2) is 0 Å². The fourth-order valence-electron chi connectivity index (χ4n) is 1.16. The number of rotatable bonds is 4. The minimum absolute atomic E-state index is 0.112. The highest BCUT2D eigenvalue weighted by atomic mass is 19.4. The molecular weight excluding hydrogens is 196 g/mol. The molecule has 1 aliphatic rings. The third-order valence-electron chi connectivity index (χ3n) is 2.14. The molecule has 0 aromatic carbocycles. The Morgan fingerprint density at radius 3 is 2.43 bits per heavy atom. The Balaban J connectivity index is 2.22. The van der Waals surface area contributed by atoms with Crippen LogP contribution >= 0.6 is 0 Å². The average Bonchev–Trinajstić information content (AvgIpc) is 2.14. The molecule has 0 radical (unpaired) electrons. The molecule has 1 fully saturated rings. The summed E-state index contributed by atoms with van der Waals surface area (Å²) in [7, 11) is 0. The molecule has 6 heteroatoms. The second-order valence-electron chi connectivity index (χ2n) is 3.36. The highest BCUT2D eigenvalue weighted by Crippen LogP contribution is 2.20. The van der Waals surface area contributed by atoms with Crippen molar-refractivity contribution in [2.45, 2.75) is 18.9 Å². The molecule has 0 aromatic heterocycles. The lowest BCUT2D eigenvalue weighted by Gasteiger charge is -2.25. The van der Waals surface area contributed by atoms with Gasteiger partial charge < -0.3 is 22.4 Å². The van der Waals surface area contributed by atoms with Crippen molar-refractivity contribution in [3.05, 3.63) is 12.1 Å². The summed E-state index contributed by atoms with van der Waals surface area (Å²) in [5, 5.41) is 0. The van der Waals surface area contributed by atoms with Gasteiger partial charge in [0.2, 0.25) is 0 Å². The molecule has 0 unspecified atom stereocenters. The molecular formula is C8H13BF3O2-. The molecule has 2 nitrogen and oxygen atoms in total. The van der Waals surface area contributed by atoms with E-state index in [1.807, 2.05) is 0 Å². The maximum Gasteiger partial charge on any atom is 0.507 e. The van der Waals surface area contributed by atoms with Crippen molar-refractivity contribution in [2.24, 2.45) is 0 Å². The van der Waals surface area contributed by atoms with Crippen molar-refractivity contribution in [3.8, 4) is 0 Å². The van der Waals surface area contributed by atoms with Crippen molar-refractivity contribution in [3.63, 3.8) is 0 Å². The first-order valence-electron chi connectivity index (χ1n) is 4.57. The summed E-state index contributed by atoms with van der Waals surface area (Å²) in [5.74, 6) is 0. The molecule has 14 heavy (non-hydrogen) atoms. The molecule has 0 aliphatic carbocycles. The van der Waals surface area contributed by atoms with Crippen LogP contribution in [0.4, 0.5) is 12.9 Å². The Bertz CT molecular complexity index is 199. The van der Waals surface area contributed by atoms with E-state index in [4.69, 9.17) is 9.47 Å². The Labute approximate surface area is 81.1 Å². The lowest BCUT2D eigenvalue weighted by molar-refractivity contribution is -0.0236. The van der Waals surface area contributed by atoms with E-state index in [-0.39, 0.29) is 6.10 Å². The number of halogens is 3. The number of hydrogen-bond acceptors (Lipinski definition) is 2. The van der Waals surface area contributed by atoms with Gasteiger partial charge in [-0.1, -0.05) is 0 Å². The summed E-state index contributed by atoms with van der Waals surface area (Å²) in [6.07, 6.45) is 1.22. The standard InChI is InChI=1S/C8H13BF3O2/c1-7(9(10,11)12)6-14-8-2-4-13-5-3-8/h8H,1-6H2/q-1.